The Morgan fingerprint density at radius 3 is 2.79 bits per heavy atom. The molecule has 0 unspecified atom stereocenters. The highest BCUT2D eigenvalue weighted by Crippen LogP contribution is 2.33. The molecule has 1 saturated heterocycles. The second kappa shape index (κ2) is 8.13. The average Bonchev–Trinajstić information content (AvgIpc) is 2.63. The highest BCUT2D eigenvalue weighted by atomic mass is 16.6. The summed E-state index contributed by atoms with van der Waals surface area (Å²) in [6.45, 7) is 6.87. The van der Waals surface area contributed by atoms with Gasteiger partial charge in [0, 0.05) is 19.3 Å². The molecule has 5 heteroatoms. The Balaban J connectivity index is 1.92. The van der Waals surface area contributed by atoms with Gasteiger partial charge in [-0.3, -0.25) is 4.98 Å². The second-order valence-electron chi connectivity index (χ2n) is 5.74. The molecular weight excluding hydrogens is 304 g/mol. The summed E-state index contributed by atoms with van der Waals surface area (Å²) >= 11 is 0. The van der Waals surface area contributed by atoms with Crippen molar-refractivity contribution in [2.75, 3.05) is 26.3 Å². The molecule has 2 aromatic rings. The Labute approximate surface area is 143 Å². The first-order valence-electron chi connectivity index (χ1n) is 8.42. The Morgan fingerprint density at radius 1 is 1.25 bits per heavy atom. The fraction of sp³-hybridized carbons (Fsp3) is 0.421. The molecule has 1 aromatic heterocycles. The van der Waals surface area contributed by atoms with E-state index >= 15 is 0 Å². The third-order valence-corrected chi connectivity index (χ3v) is 4.02. The third kappa shape index (κ3) is 3.86. The highest BCUT2D eigenvalue weighted by Gasteiger charge is 2.30. The zero-order valence-corrected chi connectivity index (χ0v) is 14.2. The molecule has 1 aliphatic heterocycles. The molecule has 1 aliphatic rings. The van der Waals surface area contributed by atoms with Gasteiger partial charge < -0.3 is 19.5 Å². The summed E-state index contributed by atoms with van der Waals surface area (Å²) in [5.74, 6) is 1.45. The van der Waals surface area contributed by atoms with Gasteiger partial charge >= 0.3 is 0 Å². The Bertz CT molecular complexity index is 657. The molecule has 0 aliphatic carbocycles. The second-order valence-corrected chi connectivity index (χ2v) is 5.74. The van der Waals surface area contributed by atoms with Crippen LogP contribution in [0.4, 0.5) is 0 Å². The van der Waals surface area contributed by atoms with E-state index in [0.717, 1.165) is 30.1 Å². The van der Waals surface area contributed by atoms with Gasteiger partial charge in [0.05, 0.1) is 18.9 Å². The predicted molar refractivity (Wildman–Crippen MR) is 92.6 cm³/mol. The van der Waals surface area contributed by atoms with Gasteiger partial charge in [0.25, 0.3) is 0 Å². The van der Waals surface area contributed by atoms with E-state index in [0.29, 0.717) is 19.0 Å². The lowest BCUT2D eigenvalue weighted by Crippen LogP contribution is -2.43. The van der Waals surface area contributed by atoms with Crippen LogP contribution >= 0.6 is 0 Å². The maximum Gasteiger partial charge on any atom is 0.168 e. The zero-order valence-electron chi connectivity index (χ0n) is 14.2. The minimum Gasteiger partial charge on any atom is -0.490 e. The monoisotopic (exact) mass is 328 g/mol. The first-order chi connectivity index (χ1) is 11.8. The Hall–Kier alpha value is -2.11. The number of hydrogen-bond donors (Lipinski definition) is 1. The normalized spacial score (nSPS) is 18.8. The summed E-state index contributed by atoms with van der Waals surface area (Å²) < 4.78 is 18.0. The van der Waals surface area contributed by atoms with Crippen LogP contribution in [0.3, 0.4) is 0 Å². The van der Waals surface area contributed by atoms with Crippen LogP contribution in [0.25, 0.3) is 0 Å². The number of benzene rings is 1. The number of para-hydroxylation sites is 2. The molecule has 0 spiro atoms. The fourth-order valence-corrected chi connectivity index (χ4v) is 2.84. The summed E-state index contributed by atoms with van der Waals surface area (Å²) in [6, 6.07) is 11.7. The molecule has 24 heavy (non-hydrogen) atoms. The fourth-order valence-electron chi connectivity index (χ4n) is 2.84. The molecule has 3 rings (SSSR count). The maximum atomic E-state index is 6.35. The first kappa shape index (κ1) is 16.7. The van der Waals surface area contributed by atoms with E-state index in [1.54, 1.807) is 6.20 Å². The topological polar surface area (TPSA) is 52.6 Å². The summed E-state index contributed by atoms with van der Waals surface area (Å²) in [4.78, 5) is 4.55. The smallest absolute Gasteiger partial charge is 0.168 e. The minimum atomic E-state index is -0.291. The molecule has 2 heterocycles. The van der Waals surface area contributed by atoms with Crippen LogP contribution in [-0.2, 0) is 4.74 Å². The van der Waals surface area contributed by atoms with Crippen LogP contribution in [0, 0.1) is 6.92 Å². The van der Waals surface area contributed by atoms with Crippen molar-refractivity contribution >= 4 is 0 Å². The van der Waals surface area contributed by atoms with Gasteiger partial charge in [0.15, 0.2) is 17.6 Å². The lowest BCUT2D eigenvalue weighted by molar-refractivity contribution is -0.0455. The third-order valence-electron chi connectivity index (χ3n) is 4.02. The van der Waals surface area contributed by atoms with Gasteiger partial charge in [-0.25, -0.2) is 0 Å². The van der Waals surface area contributed by atoms with Crippen molar-refractivity contribution in [2.24, 2.45) is 0 Å². The van der Waals surface area contributed by atoms with Gasteiger partial charge in [0.2, 0.25) is 0 Å². The van der Waals surface area contributed by atoms with Crippen molar-refractivity contribution in [3.05, 3.63) is 53.9 Å². The molecular formula is C19H24N2O3. The van der Waals surface area contributed by atoms with Crippen LogP contribution < -0.4 is 14.8 Å². The van der Waals surface area contributed by atoms with Gasteiger partial charge in [-0.15, -0.1) is 0 Å². The summed E-state index contributed by atoms with van der Waals surface area (Å²) in [5.41, 5.74) is 1.99. The van der Waals surface area contributed by atoms with E-state index in [1.165, 1.54) is 0 Å². The molecule has 1 fully saturated rings. The van der Waals surface area contributed by atoms with Crippen molar-refractivity contribution in [1.29, 1.82) is 0 Å². The molecule has 2 atom stereocenters. The van der Waals surface area contributed by atoms with E-state index in [4.69, 9.17) is 14.2 Å². The van der Waals surface area contributed by atoms with Gasteiger partial charge in [0.1, 0.15) is 6.10 Å². The van der Waals surface area contributed by atoms with Crippen LogP contribution in [0.1, 0.15) is 24.3 Å². The summed E-state index contributed by atoms with van der Waals surface area (Å²) in [5, 5.41) is 3.37. The van der Waals surface area contributed by atoms with E-state index < -0.39 is 0 Å². The molecule has 0 amide bonds. The number of rotatable bonds is 6. The molecule has 5 nitrogen and oxygen atoms in total. The number of ether oxygens (including phenoxy) is 3. The molecule has 0 saturated carbocycles. The SMILES string of the molecule is CCOc1ccccc1O[C@@H](c1ncccc1C)[C@@H]1CNCCO1. The Kier molecular flexibility index (Phi) is 5.67. The number of aryl methyl sites for hydroxylation is 1. The molecule has 128 valence electrons. The molecule has 1 N–H and O–H groups in total. The zero-order chi connectivity index (χ0) is 16.8. The van der Waals surface area contributed by atoms with Gasteiger partial charge in [-0.1, -0.05) is 18.2 Å². The lowest BCUT2D eigenvalue weighted by atomic mass is 10.0. The van der Waals surface area contributed by atoms with Gasteiger partial charge in [-0.2, -0.15) is 0 Å². The number of hydrogen-bond acceptors (Lipinski definition) is 5. The van der Waals surface area contributed by atoms with E-state index in [1.807, 2.05) is 50.2 Å². The van der Waals surface area contributed by atoms with E-state index in [-0.39, 0.29) is 12.2 Å². The summed E-state index contributed by atoms with van der Waals surface area (Å²) in [7, 11) is 0. The maximum absolute atomic E-state index is 6.35. The van der Waals surface area contributed by atoms with Crippen molar-refractivity contribution in [1.82, 2.24) is 10.3 Å². The van der Waals surface area contributed by atoms with Crippen LogP contribution in [0.15, 0.2) is 42.6 Å². The first-order valence-corrected chi connectivity index (χ1v) is 8.42. The van der Waals surface area contributed by atoms with Crippen LogP contribution in [-0.4, -0.2) is 37.4 Å². The number of morpholine rings is 1. The summed E-state index contributed by atoms with van der Waals surface area (Å²) in [6.07, 6.45) is 1.41. The lowest BCUT2D eigenvalue weighted by Gasteiger charge is -2.32. The quantitative estimate of drug-likeness (QED) is 0.884. The highest BCUT2D eigenvalue weighted by molar-refractivity contribution is 5.40. The van der Waals surface area contributed by atoms with Crippen molar-refractivity contribution < 1.29 is 14.2 Å². The van der Waals surface area contributed by atoms with E-state index in [9.17, 15) is 0 Å². The number of aromatic nitrogens is 1. The molecule has 0 bridgehead atoms. The number of nitrogens with zero attached hydrogens (tertiary/aromatic N) is 1. The van der Waals surface area contributed by atoms with Crippen LogP contribution in [0.2, 0.25) is 0 Å². The van der Waals surface area contributed by atoms with Crippen molar-refractivity contribution in [3.8, 4) is 11.5 Å². The van der Waals surface area contributed by atoms with E-state index in [2.05, 4.69) is 10.3 Å². The minimum absolute atomic E-state index is 0.0953. The molecule has 1 aromatic carbocycles. The average molecular weight is 328 g/mol. The van der Waals surface area contributed by atoms with Crippen molar-refractivity contribution in [2.45, 2.75) is 26.1 Å². The van der Waals surface area contributed by atoms with Crippen LogP contribution in [0.5, 0.6) is 11.5 Å². The standard InChI is InChI=1S/C19H24N2O3/c1-3-22-15-8-4-5-9-16(15)24-19(17-13-20-11-12-23-17)18-14(2)7-6-10-21-18/h4-10,17,19-20H,3,11-13H2,1-2H3/t17-,19+/m0/s1. The molecule has 0 radical (unpaired) electrons. The number of nitrogens with one attached hydrogen (secondary N) is 1. The Morgan fingerprint density at radius 2 is 2.08 bits per heavy atom. The van der Waals surface area contributed by atoms with Crippen molar-refractivity contribution in [3.63, 3.8) is 0 Å². The largest absolute Gasteiger partial charge is 0.490 e. The number of pyridine rings is 1. The van der Waals surface area contributed by atoms with Gasteiger partial charge in [-0.05, 0) is 37.6 Å². The predicted octanol–water partition coefficient (Wildman–Crippen LogP) is 2.90.